The molecule has 0 saturated heterocycles. The van der Waals surface area contributed by atoms with Crippen LogP contribution >= 0.6 is 15.9 Å². The first-order chi connectivity index (χ1) is 11.8. The number of hydrogen-bond acceptors (Lipinski definition) is 3. The number of Topliss-reactive ketones (excluding diaryl/α,β-unsaturated/α-hetero) is 1. The van der Waals surface area contributed by atoms with Crippen LogP contribution in [0.25, 0.3) is 0 Å². The Morgan fingerprint density at radius 3 is 2.28 bits per heavy atom. The third-order valence-electron chi connectivity index (χ3n) is 4.95. The maximum Gasteiger partial charge on any atom is 0.294 e. The number of aliphatic hydroxyl groups excluding tert-OH is 1. The minimum absolute atomic E-state index is 0.0429. The molecule has 1 aromatic carbocycles. The molecule has 7 heteroatoms. The highest BCUT2D eigenvalue weighted by Crippen LogP contribution is 2.42. The first-order valence-corrected chi connectivity index (χ1v) is 9.04. The molecule has 1 fully saturated rings. The standard InChI is InChI=1S/C18H18BrF2NO3/c1-9(23)14-15(10-5-3-2-4-6-10)22(18(25)17(14)24)16-12(20)7-11(19)8-13(16)21/h7-8,10,15,24H,2-6H2,1H3. The van der Waals surface area contributed by atoms with Crippen molar-refractivity contribution in [2.24, 2.45) is 5.92 Å². The number of halogens is 3. The van der Waals surface area contributed by atoms with Gasteiger partial charge in [-0.15, -0.1) is 0 Å². The summed E-state index contributed by atoms with van der Waals surface area (Å²) in [6.45, 7) is 1.26. The molecule has 1 heterocycles. The summed E-state index contributed by atoms with van der Waals surface area (Å²) in [6, 6.07) is 1.29. The highest BCUT2D eigenvalue weighted by atomic mass is 79.9. The summed E-state index contributed by atoms with van der Waals surface area (Å²) in [4.78, 5) is 25.6. The lowest BCUT2D eigenvalue weighted by molar-refractivity contribution is -0.117. The van der Waals surface area contributed by atoms with Crippen molar-refractivity contribution in [1.29, 1.82) is 0 Å². The third kappa shape index (κ3) is 3.10. The van der Waals surface area contributed by atoms with Gasteiger partial charge in [-0.3, -0.25) is 14.5 Å². The average molecular weight is 414 g/mol. The van der Waals surface area contributed by atoms with E-state index in [0.29, 0.717) is 0 Å². The second-order valence-corrected chi connectivity index (χ2v) is 7.47. The quantitative estimate of drug-likeness (QED) is 0.797. The maximum absolute atomic E-state index is 14.5. The molecule has 134 valence electrons. The molecule has 1 aliphatic carbocycles. The van der Waals surface area contributed by atoms with E-state index in [1.165, 1.54) is 6.92 Å². The van der Waals surface area contributed by atoms with E-state index in [-0.39, 0.29) is 16.0 Å². The summed E-state index contributed by atoms with van der Waals surface area (Å²) < 4.78 is 29.2. The molecule has 1 unspecified atom stereocenters. The van der Waals surface area contributed by atoms with E-state index in [9.17, 15) is 23.5 Å². The van der Waals surface area contributed by atoms with Gasteiger partial charge in [-0.1, -0.05) is 35.2 Å². The fourth-order valence-electron chi connectivity index (χ4n) is 3.90. The number of amides is 1. The number of nitrogens with zero attached hydrogens (tertiary/aromatic N) is 1. The van der Waals surface area contributed by atoms with Gasteiger partial charge in [0.25, 0.3) is 5.91 Å². The zero-order valence-corrected chi connectivity index (χ0v) is 15.3. The van der Waals surface area contributed by atoms with E-state index in [2.05, 4.69) is 15.9 Å². The summed E-state index contributed by atoms with van der Waals surface area (Å²) in [5, 5.41) is 10.2. The number of anilines is 1. The van der Waals surface area contributed by atoms with Gasteiger partial charge in [-0.25, -0.2) is 8.78 Å². The minimum atomic E-state index is -0.930. The van der Waals surface area contributed by atoms with Crippen LogP contribution < -0.4 is 4.90 Å². The number of hydrogen-bond donors (Lipinski definition) is 1. The largest absolute Gasteiger partial charge is 0.503 e. The molecule has 2 aliphatic rings. The monoisotopic (exact) mass is 413 g/mol. The molecule has 0 spiro atoms. The van der Waals surface area contributed by atoms with Crippen LogP contribution in [0.1, 0.15) is 39.0 Å². The van der Waals surface area contributed by atoms with Crippen LogP contribution in [0.3, 0.4) is 0 Å². The summed E-state index contributed by atoms with van der Waals surface area (Å²) in [7, 11) is 0. The van der Waals surface area contributed by atoms with Gasteiger partial charge in [0, 0.05) is 4.47 Å². The lowest BCUT2D eigenvalue weighted by Crippen LogP contribution is -2.43. The van der Waals surface area contributed by atoms with Crippen LogP contribution in [0.4, 0.5) is 14.5 Å². The molecule has 4 nitrogen and oxygen atoms in total. The van der Waals surface area contributed by atoms with Crippen molar-refractivity contribution in [1.82, 2.24) is 0 Å². The minimum Gasteiger partial charge on any atom is -0.503 e. The van der Waals surface area contributed by atoms with E-state index >= 15 is 0 Å². The SMILES string of the molecule is CC(=O)C1=C(O)C(=O)N(c2c(F)cc(Br)cc2F)C1C1CCCCC1. The predicted molar refractivity (Wildman–Crippen MR) is 92.2 cm³/mol. The molecular formula is C18H18BrF2NO3. The first-order valence-electron chi connectivity index (χ1n) is 8.25. The average Bonchev–Trinajstić information content (AvgIpc) is 2.80. The molecular weight excluding hydrogens is 396 g/mol. The molecule has 1 atom stereocenters. The Morgan fingerprint density at radius 2 is 1.76 bits per heavy atom. The van der Waals surface area contributed by atoms with Crippen molar-refractivity contribution < 1.29 is 23.5 Å². The zero-order valence-electron chi connectivity index (χ0n) is 13.7. The summed E-state index contributed by atoms with van der Waals surface area (Å²) in [6.07, 6.45) is 4.35. The van der Waals surface area contributed by atoms with Crippen LogP contribution in [0.15, 0.2) is 27.9 Å². The van der Waals surface area contributed by atoms with Crippen LogP contribution in [0.2, 0.25) is 0 Å². The Balaban J connectivity index is 2.14. The zero-order chi connectivity index (χ0) is 18.3. The van der Waals surface area contributed by atoms with Crippen LogP contribution in [-0.2, 0) is 9.59 Å². The Hall–Kier alpha value is -1.76. The van der Waals surface area contributed by atoms with Crippen molar-refractivity contribution in [2.75, 3.05) is 4.90 Å². The molecule has 1 saturated carbocycles. The smallest absolute Gasteiger partial charge is 0.294 e. The lowest BCUT2D eigenvalue weighted by Gasteiger charge is -2.35. The Labute approximate surface area is 152 Å². The molecule has 3 rings (SSSR count). The Morgan fingerprint density at radius 1 is 1.20 bits per heavy atom. The van der Waals surface area contributed by atoms with Crippen molar-refractivity contribution in [3.8, 4) is 0 Å². The van der Waals surface area contributed by atoms with Gasteiger partial charge in [0.05, 0.1) is 11.6 Å². The number of carbonyl (C=O) groups is 2. The van der Waals surface area contributed by atoms with E-state index in [1.807, 2.05) is 0 Å². The van der Waals surface area contributed by atoms with Gasteiger partial charge in [0.1, 0.15) is 5.69 Å². The molecule has 0 radical (unpaired) electrons. The highest BCUT2D eigenvalue weighted by molar-refractivity contribution is 9.10. The third-order valence-corrected chi connectivity index (χ3v) is 5.41. The topological polar surface area (TPSA) is 57.6 Å². The molecule has 0 bridgehead atoms. The maximum atomic E-state index is 14.5. The van der Waals surface area contributed by atoms with E-state index < -0.39 is 40.8 Å². The summed E-state index contributed by atoms with van der Waals surface area (Å²) in [5.74, 6) is -4.05. The van der Waals surface area contributed by atoms with Crippen LogP contribution in [0, 0.1) is 17.6 Å². The number of carbonyl (C=O) groups excluding carboxylic acids is 2. The van der Waals surface area contributed by atoms with Gasteiger partial charge in [-0.2, -0.15) is 0 Å². The fourth-order valence-corrected chi connectivity index (χ4v) is 4.30. The van der Waals surface area contributed by atoms with Gasteiger partial charge >= 0.3 is 0 Å². The number of benzene rings is 1. The van der Waals surface area contributed by atoms with E-state index in [0.717, 1.165) is 49.1 Å². The van der Waals surface area contributed by atoms with Crippen LogP contribution in [-0.4, -0.2) is 22.8 Å². The second-order valence-electron chi connectivity index (χ2n) is 6.55. The molecule has 1 amide bonds. The number of rotatable bonds is 3. The molecule has 25 heavy (non-hydrogen) atoms. The van der Waals surface area contributed by atoms with E-state index in [4.69, 9.17) is 0 Å². The predicted octanol–water partition coefficient (Wildman–Crippen LogP) is 4.42. The van der Waals surface area contributed by atoms with E-state index in [1.54, 1.807) is 0 Å². The highest BCUT2D eigenvalue weighted by Gasteiger charge is 2.47. The van der Waals surface area contributed by atoms with Gasteiger partial charge in [-0.05, 0) is 37.8 Å². The fraction of sp³-hybridized carbons (Fsp3) is 0.444. The van der Waals surface area contributed by atoms with Crippen molar-refractivity contribution in [3.63, 3.8) is 0 Å². The summed E-state index contributed by atoms with van der Waals surface area (Å²) >= 11 is 3.01. The molecule has 1 N–H and O–H groups in total. The second kappa shape index (κ2) is 6.86. The molecule has 1 aromatic rings. The van der Waals surface area contributed by atoms with Crippen molar-refractivity contribution in [3.05, 3.63) is 39.6 Å². The van der Waals surface area contributed by atoms with Crippen LogP contribution in [0.5, 0.6) is 0 Å². The normalized spacial score (nSPS) is 22.0. The van der Waals surface area contributed by atoms with Crippen molar-refractivity contribution >= 4 is 33.3 Å². The van der Waals surface area contributed by atoms with Gasteiger partial charge in [0.15, 0.2) is 23.2 Å². The first kappa shape index (κ1) is 18.0. The Bertz CT molecular complexity index is 749. The van der Waals surface area contributed by atoms with Gasteiger partial charge < -0.3 is 5.11 Å². The molecule has 1 aliphatic heterocycles. The van der Waals surface area contributed by atoms with Gasteiger partial charge in [0.2, 0.25) is 0 Å². The number of ketones is 1. The number of aliphatic hydroxyl groups is 1. The lowest BCUT2D eigenvalue weighted by atomic mass is 9.80. The van der Waals surface area contributed by atoms with Crippen molar-refractivity contribution in [2.45, 2.75) is 45.1 Å². The molecule has 0 aromatic heterocycles. The summed E-state index contributed by atoms with van der Waals surface area (Å²) in [5.41, 5.74) is -0.565. The Kier molecular flexibility index (Phi) is 4.95.